The van der Waals surface area contributed by atoms with Gasteiger partial charge in [-0.2, -0.15) is 13.2 Å². The summed E-state index contributed by atoms with van der Waals surface area (Å²) in [5.41, 5.74) is 1.09. The number of ether oxygens (including phenoxy) is 1. The highest BCUT2D eigenvalue weighted by Gasteiger charge is 2.39. The fourth-order valence-electron chi connectivity index (χ4n) is 2.09. The Kier molecular flexibility index (Phi) is 3.87. The van der Waals surface area contributed by atoms with Crippen molar-refractivity contribution < 1.29 is 27.8 Å². The molecule has 1 unspecified atom stereocenters. The van der Waals surface area contributed by atoms with E-state index >= 15 is 0 Å². The first-order valence-electron chi connectivity index (χ1n) is 6.28. The van der Waals surface area contributed by atoms with Crippen LogP contribution in [0.1, 0.15) is 41.4 Å². The standard InChI is InChI=1S/C13H14F3NO3/c1-7(13(14,15)16)20-11-9(12(18)19)6-8-4-2-3-5-10(8)17-11/h6-7H,2-5H2,1H3,(H,18,19). The van der Waals surface area contributed by atoms with E-state index in [0.29, 0.717) is 18.5 Å². The molecule has 1 aliphatic rings. The Bertz CT molecular complexity index is 528. The zero-order valence-electron chi connectivity index (χ0n) is 10.8. The van der Waals surface area contributed by atoms with Gasteiger partial charge in [0.1, 0.15) is 5.56 Å². The maximum absolute atomic E-state index is 12.5. The van der Waals surface area contributed by atoms with E-state index < -0.39 is 24.1 Å². The Morgan fingerprint density at radius 3 is 2.65 bits per heavy atom. The number of rotatable bonds is 3. The predicted molar refractivity (Wildman–Crippen MR) is 64.0 cm³/mol. The van der Waals surface area contributed by atoms with Gasteiger partial charge in [-0.1, -0.05) is 0 Å². The Morgan fingerprint density at radius 1 is 1.40 bits per heavy atom. The lowest BCUT2D eigenvalue weighted by Gasteiger charge is -2.21. The minimum absolute atomic E-state index is 0.318. The number of pyridine rings is 1. The van der Waals surface area contributed by atoms with E-state index in [0.717, 1.165) is 25.3 Å². The number of fused-ring (bicyclic) bond motifs is 1. The number of aromatic nitrogens is 1. The van der Waals surface area contributed by atoms with Gasteiger partial charge in [-0.15, -0.1) is 0 Å². The summed E-state index contributed by atoms with van der Waals surface area (Å²) in [6.07, 6.45) is -3.53. The molecule has 0 saturated carbocycles. The molecular weight excluding hydrogens is 275 g/mol. The van der Waals surface area contributed by atoms with Crippen LogP contribution in [0.15, 0.2) is 6.07 Å². The highest BCUT2D eigenvalue weighted by molar-refractivity contribution is 5.90. The molecule has 0 spiro atoms. The monoisotopic (exact) mass is 289 g/mol. The first kappa shape index (κ1) is 14.6. The van der Waals surface area contributed by atoms with Crippen LogP contribution in [0.25, 0.3) is 0 Å². The molecule has 1 aromatic heterocycles. The van der Waals surface area contributed by atoms with Crippen molar-refractivity contribution in [2.24, 2.45) is 0 Å². The molecule has 7 heteroatoms. The number of hydrogen-bond acceptors (Lipinski definition) is 3. The zero-order valence-corrected chi connectivity index (χ0v) is 10.8. The van der Waals surface area contributed by atoms with Crippen LogP contribution in [0.4, 0.5) is 13.2 Å². The van der Waals surface area contributed by atoms with Crippen LogP contribution in [-0.2, 0) is 12.8 Å². The molecule has 0 aromatic carbocycles. The van der Waals surface area contributed by atoms with Crippen molar-refractivity contribution >= 4 is 5.97 Å². The van der Waals surface area contributed by atoms with Gasteiger partial charge in [0.15, 0.2) is 6.10 Å². The lowest BCUT2D eigenvalue weighted by atomic mass is 9.95. The van der Waals surface area contributed by atoms with Crippen LogP contribution in [0, 0.1) is 0 Å². The second-order valence-electron chi connectivity index (χ2n) is 4.76. The lowest BCUT2D eigenvalue weighted by Crippen LogP contribution is -2.32. The molecule has 0 fully saturated rings. The first-order chi connectivity index (χ1) is 9.29. The van der Waals surface area contributed by atoms with Crippen molar-refractivity contribution in [2.75, 3.05) is 0 Å². The molecule has 0 aliphatic heterocycles. The molecule has 2 rings (SSSR count). The fourth-order valence-corrected chi connectivity index (χ4v) is 2.09. The molecule has 1 aliphatic carbocycles. The van der Waals surface area contributed by atoms with Crippen molar-refractivity contribution in [3.05, 3.63) is 22.9 Å². The van der Waals surface area contributed by atoms with E-state index in [1.54, 1.807) is 0 Å². The Balaban J connectivity index is 2.37. The van der Waals surface area contributed by atoms with Crippen molar-refractivity contribution in [2.45, 2.75) is 44.9 Å². The van der Waals surface area contributed by atoms with E-state index in [1.807, 2.05) is 0 Å². The van der Waals surface area contributed by atoms with Gasteiger partial charge in [-0.25, -0.2) is 9.78 Å². The Labute approximate surface area is 113 Å². The summed E-state index contributed by atoms with van der Waals surface area (Å²) in [7, 11) is 0. The van der Waals surface area contributed by atoms with E-state index in [2.05, 4.69) is 4.98 Å². The number of carbonyl (C=O) groups is 1. The molecule has 0 saturated heterocycles. The van der Waals surface area contributed by atoms with Gasteiger partial charge in [0.2, 0.25) is 5.88 Å². The Morgan fingerprint density at radius 2 is 2.05 bits per heavy atom. The molecule has 20 heavy (non-hydrogen) atoms. The second kappa shape index (κ2) is 5.30. The number of alkyl halides is 3. The van der Waals surface area contributed by atoms with Crippen LogP contribution in [0.5, 0.6) is 5.88 Å². The predicted octanol–water partition coefficient (Wildman–Crippen LogP) is 2.99. The van der Waals surface area contributed by atoms with E-state index in [-0.39, 0.29) is 5.56 Å². The minimum Gasteiger partial charge on any atom is -0.477 e. The highest BCUT2D eigenvalue weighted by atomic mass is 19.4. The zero-order chi connectivity index (χ0) is 14.9. The molecule has 0 radical (unpaired) electrons. The van der Waals surface area contributed by atoms with Gasteiger partial charge in [0.25, 0.3) is 0 Å². The van der Waals surface area contributed by atoms with Gasteiger partial charge in [-0.05, 0) is 44.2 Å². The SMILES string of the molecule is CC(Oc1nc2c(cc1C(=O)O)CCCC2)C(F)(F)F. The number of aryl methyl sites for hydroxylation is 2. The van der Waals surface area contributed by atoms with Gasteiger partial charge >= 0.3 is 12.1 Å². The lowest BCUT2D eigenvalue weighted by molar-refractivity contribution is -0.190. The fraction of sp³-hybridized carbons (Fsp3) is 0.538. The number of aromatic carboxylic acids is 1. The average Bonchev–Trinajstić information content (AvgIpc) is 2.36. The van der Waals surface area contributed by atoms with Crippen molar-refractivity contribution in [3.8, 4) is 5.88 Å². The van der Waals surface area contributed by atoms with Gasteiger partial charge in [0, 0.05) is 5.69 Å². The smallest absolute Gasteiger partial charge is 0.425 e. The van der Waals surface area contributed by atoms with E-state index in [1.165, 1.54) is 6.07 Å². The quantitative estimate of drug-likeness (QED) is 0.929. The molecule has 0 amide bonds. The third kappa shape index (κ3) is 3.02. The maximum atomic E-state index is 12.5. The molecule has 110 valence electrons. The summed E-state index contributed by atoms with van der Waals surface area (Å²) in [5, 5.41) is 9.08. The average molecular weight is 289 g/mol. The van der Waals surface area contributed by atoms with Crippen LogP contribution < -0.4 is 4.74 Å². The van der Waals surface area contributed by atoms with Crippen LogP contribution in [0.2, 0.25) is 0 Å². The summed E-state index contributed by atoms with van der Waals surface area (Å²) in [5.74, 6) is -1.79. The summed E-state index contributed by atoms with van der Waals surface area (Å²) in [6, 6.07) is 1.38. The van der Waals surface area contributed by atoms with Crippen LogP contribution in [-0.4, -0.2) is 28.3 Å². The van der Waals surface area contributed by atoms with Crippen molar-refractivity contribution in [3.63, 3.8) is 0 Å². The van der Waals surface area contributed by atoms with E-state index in [9.17, 15) is 18.0 Å². The number of halogens is 3. The molecule has 1 atom stereocenters. The number of carboxylic acid groups (broad SMARTS) is 1. The third-order valence-electron chi connectivity index (χ3n) is 3.25. The Hall–Kier alpha value is -1.79. The molecule has 1 heterocycles. The topological polar surface area (TPSA) is 59.4 Å². The first-order valence-corrected chi connectivity index (χ1v) is 6.28. The third-order valence-corrected chi connectivity index (χ3v) is 3.25. The molecule has 4 nitrogen and oxygen atoms in total. The summed E-state index contributed by atoms with van der Waals surface area (Å²) >= 11 is 0. The molecule has 1 aromatic rings. The highest BCUT2D eigenvalue weighted by Crippen LogP contribution is 2.29. The van der Waals surface area contributed by atoms with Gasteiger partial charge in [0.05, 0.1) is 0 Å². The normalized spacial score (nSPS) is 16.4. The molecule has 1 N–H and O–H groups in total. The maximum Gasteiger partial charge on any atom is 0.425 e. The second-order valence-corrected chi connectivity index (χ2v) is 4.76. The summed E-state index contributed by atoms with van der Waals surface area (Å²) in [4.78, 5) is 15.1. The van der Waals surface area contributed by atoms with Crippen molar-refractivity contribution in [1.29, 1.82) is 0 Å². The van der Waals surface area contributed by atoms with Gasteiger partial charge < -0.3 is 9.84 Å². The van der Waals surface area contributed by atoms with Crippen molar-refractivity contribution in [1.82, 2.24) is 4.98 Å². The minimum atomic E-state index is -4.56. The summed E-state index contributed by atoms with van der Waals surface area (Å²) in [6.45, 7) is 0.826. The number of carboxylic acids is 1. The van der Waals surface area contributed by atoms with E-state index in [4.69, 9.17) is 9.84 Å². The number of nitrogens with zero attached hydrogens (tertiary/aromatic N) is 1. The molecular formula is C13H14F3NO3. The number of hydrogen-bond donors (Lipinski definition) is 1. The summed E-state index contributed by atoms with van der Waals surface area (Å²) < 4.78 is 42.2. The molecule has 0 bridgehead atoms. The van der Waals surface area contributed by atoms with Gasteiger partial charge in [-0.3, -0.25) is 0 Å². The van der Waals surface area contributed by atoms with Crippen LogP contribution in [0.3, 0.4) is 0 Å². The van der Waals surface area contributed by atoms with Crippen LogP contribution >= 0.6 is 0 Å². The largest absolute Gasteiger partial charge is 0.477 e.